The van der Waals surface area contributed by atoms with Crippen molar-refractivity contribution >= 4 is 47.4 Å². The number of carbonyl (C=O) groups excluding carboxylic acids is 1. The van der Waals surface area contributed by atoms with Crippen LogP contribution in [0.1, 0.15) is 25.3 Å². The number of benzene rings is 1. The Hall–Kier alpha value is -1.02. The first-order chi connectivity index (χ1) is 10.5. The van der Waals surface area contributed by atoms with Crippen LogP contribution in [0, 0.1) is 0 Å². The van der Waals surface area contributed by atoms with Crippen molar-refractivity contribution < 1.29 is 4.79 Å². The molecule has 0 saturated carbocycles. The highest BCUT2D eigenvalue weighted by molar-refractivity contribution is 14.0. The highest BCUT2D eigenvalue weighted by Gasteiger charge is 2.06. The standard InChI is InChI=1S/C16H25ClN4O.HI/c1-4-5-10-18-16(20-12-15(22)21(2)3)19-11-13-8-6-7-9-14(13)17;/h6-9H,4-5,10-12H2,1-3H3,(H2,18,19,20);1H. The molecule has 0 spiro atoms. The molecule has 1 amide bonds. The van der Waals surface area contributed by atoms with E-state index in [1.807, 2.05) is 24.3 Å². The molecule has 23 heavy (non-hydrogen) atoms. The highest BCUT2D eigenvalue weighted by Crippen LogP contribution is 2.15. The predicted molar refractivity (Wildman–Crippen MR) is 108 cm³/mol. The molecule has 5 nitrogen and oxygen atoms in total. The third kappa shape index (κ3) is 9.00. The maximum absolute atomic E-state index is 11.7. The lowest BCUT2D eigenvalue weighted by atomic mass is 10.2. The minimum Gasteiger partial charge on any atom is -0.356 e. The minimum absolute atomic E-state index is 0. The second kappa shape index (κ2) is 12.4. The Labute approximate surface area is 160 Å². The summed E-state index contributed by atoms with van der Waals surface area (Å²) in [4.78, 5) is 17.7. The molecule has 0 saturated heterocycles. The predicted octanol–water partition coefficient (Wildman–Crippen LogP) is 2.88. The summed E-state index contributed by atoms with van der Waals surface area (Å²) in [5, 5.41) is 6.98. The molecule has 0 aliphatic carbocycles. The van der Waals surface area contributed by atoms with E-state index < -0.39 is 0 Å². The van der Waals surface area contributed by atoms with Gasteiger partial charge in [-0.15, -0.1) is 24.0 Å². The first kappa shape index (κ1) is 22.0. The number of guanidine groups is 1. The summed E-state index contributed by atoms with van der Waals surface area (Å²) in [5.41, 5.74) is 0.958. The Morgan fingerprint density at radius 3 is 2.57 bits per heavy atom. The van der Waals surface area contributed by atoms with Gasteiger partial charge in [0.05, 0.1) is 13.1 Å². The largest absolute Gasteiger partial charge is 0.356 e. The molecule has 0 unspecified atom stereocenters. The summed E-state index contributed by atoms with van der Waals surface area (Å²) >= 11 is 6.13. The van der Waals surface area contributed by atoms with Crippen LogP contribution in [0.2, 0.25) is 5.02 Å². The number of hydrogen-bond acceptors (Lipinski definition) is 2. The van der Waals surface area contributed by atoms with Crippen LogP contribution in [0.15, 0.2) is 29.3 Å². The van der Waals surface area contributed by atoms with E-state index in [0.29, 0.717) is 17.5 Å². The van der Waals surface area contributed by atoms with Crippen molar-refractivity contribution in [2.45, 2.75) is 26.3 Å². The van der Waals surface area contributed by atoms with E-state index in [1.54, 1.807) is 19.0 Å². The van der Waals surface area contributed by atoms with Crippen LogP contribution in [-0.2, 0) is 11.3 Å². The van der Waals surface area contributed by atoms with Crippen molar-refractivity contribution in [3.63, 3.8) is 0 Å². The topological polar surface area (TPSA) is 56.7 Å². The smallest absolute Gasteiger partial charge is 0.241 e. The summed E-state index contributed by atoms with van der Waals surface area (Å²) < 4.78 is 0. The van der Waals surface area contributed by atoms with Gasteiger partial charge < -0.3 is 15.5 Å². The second-order valence-electron chi connectivity index (χ2n) is 5.18. The third-order valence-corrected chi connectivity index (χ3v) is 3.46. The SMILES string of the molecule is CCCCNC(=NCc1ccccc1Cl)NCC(=O)N(C)C.I. The average molecular weight is 453 g/mol. The normalized spacial score (nSPS) is 10.7. The van der Waals surface area contributed by atoms with Crippen molar-refractivity contribution in [1.82, 2.24) is 15.5 Å². The Morgan fingerprint density at radius 2 is 1.96 bits per heavy atom. The van der Waals surface area contributed by atoms with Crippen LogP contribution >= 0.6 is 35.6 Å². The monoisotopic (exact) mass is 452 g/mol. The highest BCUT2D eigenvalue weighted by atomic mass is 127. The number of halogens is 2. The van der Waals surface area contributed by atoms with Crippen LogP contribution in [0.5, 0.6) is 0 Å². The number of carbonyl (C=O) groups is 1. The lowest BCUT2D eigenvalue weighted by Crippen LogP contribution is -2.43. The molecule has 0 aliphatic rings. The van der Waals surface area contributed by atoms with E-state index in [9.17, 15) is 4.79 Å². The van der Waals surface area contributed by atoms with E-state index in [-0.39, 0.29) is 36.4 Å². The zero-order chi connectivity index (χ0) is 16.4. The second-order valence-corrected chi connectivity index (χ2v) is 5.59. The Kier molecular flexibility index (Phi) is 11.9. The number of nitrogens with one attached hydrogen (secondary N) is 2. The molecule has 0 aromatic heterocycles. The van der Waals surface area contributed by atoms with Gasteiger partial charge in [-0.25, -0.2) is 4.99 Å². The van der Waals surface area contributed by atoms with Crippen molar-refractivity contribution in [2.24, 2.45) is 4.99 Å². The van der Waals surface area contributed by atoms with Gasteiger partial charge in [0.2, 0.25) is 5.91 Å². The molecule has 1 aromatic carbocycles. The molecule has 0 atom stereocenters. The first-order valence-corrected chi connectivity index (χ1v) is 7.88. The molecule has 0 heterocycles. The van der Waals surface area contributed by atoms with Crippen molar-refractivity contribution in [1.29, 1.82) is 0 Å². The van der Waals surface area contributed by atoms with Crippen LogP contribution in [0.3, 0.4) is 0 Å². The summed E-state index contributed by atoms with van der Waals surface area (Å²) in [6.07, 6.45) is 2.15. The lowest BCUT2D eigenvalue weighted by Gasteiger charge is -2.15. The van der Waals surface area contributed by atoms with Gasteiger partial charge in [-0.05, 0) is 18.1 Å². The molecule has 7 heteroatoms. The maximum atomic E-state index is 11.7. The number of aliphatic imine (C=N–C) groups is 1. The number of amides is 1. The molecular weight excluding hydrogens is 427 g/mol. The molecule has 1 rings (SSSR count). The lowest BCUT2D eigenvalue weighted by molar-refractivity contribution is -0.127. The van der Waals surface area contributed by atoms with Crippen LogP contribution in [-0.4, -0.2) is 44.0 Å². The Balaban J connectivity index is 0.00000484. The zero-order valence-corrected chi connectivity index (χ0v) is 17.0. The fraction of sp³-hybridized carbons (Fsp3) is 0.500. The van der Waals surface area contributed by atoms with Gasteiger partial charge in [-0.3, -0.25) is 4.79 Å². The van der Waals surface area contributed by atoms with E-state index in [1.165, 1.54) is 0 Å². The molecule has 2 N–H and O–H groups in total. The van der Waals surface area contributed by atoms with E-state index in [4.69, 9.17) is 11.6 Å². The van der Waals surface area contributed by atoms with E-state index >= 15 is 0 Å². The van der Waals surface area contributed by atoms with Crippen molar-refractivity contribution in [3.05, 3.63) is 34.9 Å². The molecule has 0 fully saturated rings. The number of rotatable bonds is 7. The van der Waals surface area contributed by atoms with Crippen molar-refractivity contribution in [3.8, 4) is 0 Å². The van der Waals surface area contributed by atoms with E-state index in [2.05, 4.69) is 22.5 Å². The van der Waals surface area contributed by atoms with Gasteiger partial charge >= 0.3 is 0 Å². The van der Waals surface area contributed by atoms with E-state index in [0.717, 1.165) is 24.9 Å². The maximum Gasteiger partial charge on any atom is 0.241 e. The fourth-order valence-electron chi connectivity index (χ4n) is 1.67. The quantitative estimate of drug-likeness (QED) is 0.289. The van der Waals surface area contributed by atoms with Gasteiger partial charge in [0.15, 0.2) is 5.96 Å². The van der Waals surface area contributed by atoms with Gasteiger partial charge in [0.25, 0.3) is 0 Å². The number of hydrogen-bond donors (Lipinski definition) is 2. The molecule has 0 aliphatic heterocycles. The summed E-state index contributed by atoms with van der Waals surface area (Å²) in [5.74, 6) is 0.631. The van der Waals surface area contributed by atoms with Gasteiger partial charge in [0, 0.05) is 25.7 Å². The molecule has 130 valence electrons. The number of unbranched alkanes of at least 4 members (excludes halogenated alkanes) is 1. The Morgan fingerprint density at radius 1 is 1.26 bits per heavy atom. The van der Waals surface area contributed by atoms with Crippen molar-refractivity contribution in [2.75, 3.05) is 27.2 Å². The van der Waals surface area contributed by atoms with Crippen LogP contribution in [0.25, 0.3) is 0 Å². The van der Waals surface area contributed by atoms with Crippen LogP contribution < -0.4 is 10.6 Å². The fourth-order valence-corrected chi connectivity index (χ4v) is 1.86. The zero-order valence-electron chi connectivity index (χ0n) is 13.9. The average Bonchev–Trinajstić information content (AvgIpc) is 2.50. The van der Waals surface area contributed by atoms with Gasteiger partial charge in [0.1, 0.15) is 0 Å². The number of nitrogens with zero attached hydrogens (tertiary/aromatic N) is 2. The van der Waals surface area contributed by atoms with Gasteiger partial charge in [-0.1, -0.05) is 43.1 Å². The molecule has 0 bridgehead atoms. The third-order valence-electron chi connectivity index (χ3n) is 3.09. The first-order valence-electron chi connectivity index (χ1n) is 7.50. The molecule has 0 radical (unpaired) electrons. The Bertz CT molecular complexity index is 509. The molecule has 1 aromatic rings. The summed E-state index contributed by atoms with van der Waals surface area (Å²) in [6, 6.07) is 7.62. The molecular formula is C16H26ClIN4O. The van der Waals surface area contributed by atoms with Gasteiger partial charge in [-0.2, -0.15) is 0 Å². The minimum atomic E-state index is 0. The summed E-state index contributed by atoms with van der Waals surface area (Å²) in [7, 11) is 3.46. The van der Waals surface area contributed by atoms with Crippen LogP contribution in [0.4, 0.5) is 0 Å². The summed E-state index contributed by atoms with van der Waals surface area (Å²) in [6.45, 7) is 3.64. The number of likely N-dealkylation sites (N-methyl/N-ethyl adjacent to an activating group) is 1.